The second-order valence-corrected chi connectivity index (χ2v) is 5.11. The molecule has 0 saturated heterocycles. The molecule has 0 aliphatic rings. The van der Waals surface area contributed by atoms with Gasteiger partial charge < -0.3 is 4.74 Å². The van der Waals surface area contributed by atoms with E-state index in [0.717, 1.165) is 12.1 Å². The third kappa shape index (κ3) is 3.44. The maximum absolute atomic E-state index is 12.5. The lowest BCUT2D eigenvalue weighted by Crippen LogP contribution is -2.06. The second kappa shape index (κ2) is 5.89. The average Bonchev–Trinajstić information content (AvgIpc) is 2.45. The van der Waals surface area contributed by atoms with Crippen molar-refractivity contribution in [3.63, 3.8) is 0 Å². The van der Waals surface area contributed by atoms with Gasteiger partial charge in [-0.2, -0.15) is 13.2 Å². The van der Waals surface area contributed by atoms with Crippen LogP contribution in [0, 0.1) is 0 Å². The van der Waals surface area contributed by atoms with Crippen molar-refractivity contribution in [2.45, 2.75) is 6.18 Å². The van der Waals surface area contributed by atoms with Crippen molar-refractivity contribution < 1.29 is 22.7 Å². The molecular formula is C15H10BrF3O2. The van der Waals surface area contributed by atoms with Gasteiger partial charge in [-0.3, -0.25) is 4.79 Å². The van der Waals surface area contributed by atoms with Gasteiger partial charge in [0.1, 0.15) is 5.75 Å². The fourth-order valence-electron chi connectivity index (χ4n) is 1.78. The number of hydrogen-bond donors (Lipinski definition) is 0. The molecule has 21 heavy (non-hydrogen) atoms. The van der Waals surface area contributed by atoms with Crippen LogP contribution < -0.4 is 4.74 Å². The first-order valence-electron chi connectivity index (χ1n) is 5.88. The number of hydrogen-bond acceptors (Lipinski definition) is 2. The lowest BCUT2D eigenvalue weighted by Gasteiger charge is -2.08. The summed E-state index contributed by atoms with van der Waals surface area (Å²) < 4.78 is 43.1. The summed E-state index contributed by atoms with van der Waals surface area (Å²) in [4.78, 5) is 12.2. The minimum atomic E-state index is -4.41. The standard InChI is InChI=1S/C15H10BrF3O2/c1-21-13-7-4-10(8-12(13)16)14(20)9-2-5-11(6-3-9)15(17,18)19/h2-8H,1H3. The molecule has 0 atom stereocenters. The number of carbonyl (C=O) groups is 1. The molecule has 0 unspecified atom stereocenters. The Morgan fingerprint density at radius 2 is 1.62 bits per heavy atom. The summed E-state index contributed by atoms with van der Waals surface area (Å²) in [6.45, 7) is 0. The number of ether oxygens (including phenoxy) is 1. The van der Waals surface area contributed by atoms with Crippen LogP contribution in [0.3, 0.4) is 0 Å². The largest absolute Gasteiger partial charge is 0.496 e. The van der Waals surface area contributed by atoms with Crippen LogP contribution in [-0.2, 0) is 6.18 Å². The number of methoxy groups -OCH3 is 1. The molecule has 2 aromatic carbocycles. The van der Waals surface area contributed by atoms with Gasteiger partial charge in [0.05, 0.1) is 17.1 Å². The first-order chi connectivity index (χ1) is 9.82. The number of ketones is 1. The predicted octanol–water partition coefficient (Wildman–Crippen LogP) is 4.71. The van der Waals surface area contributed by atoms with E-state index in [1.807, 2.05) is 0 Å². The molecule has 0 aliphatic heterocycles. The molecule has 2 nitrogen and oxygen atoms in total. The summed E-state index contributed by atoms with van der Waals surface area (Å²) >= 11 is 3.26. The summed E-state index contributed by atoms with van der Waals surface area (Å²) in [5.41, 5.74) is -0.225. The number of benzene rings is 2. The molecule has 2 aromatic rings. The van der Waals surface area contributed by atoms with Crippen molar-refractivity contribution in [2.75, 3.05) is 7.11 Å². The number of halogens is 4. The second-order valence-electron chi connectivity index (χ2n) is 4.25. The summed E-state index contributed by atoms with van der Waals surface area (Å²) in [7, 11) is 1.50. The van der Waals surface area contributed by atoms with Crippen molar-refractivity contribution >= 4 is 21.7 Å². The van der Waals surface area contributed by atoms with Gasteiger partial charge in [0.25, 0.3) is 0 Å². The molecule has 2 rings (SSSR count). The van der Waals surface area contributed by atoms with Gasteiger partial charge in [0.2, 0.25) is 0 Å². The molecule has 110 valence electrons. The summed E-state index contributed by atoms with van der Waals surface area (Å²) in [6, 6.07) is 8.87. The molecule has 0 N–H and O–H groups in total. The quantitative estimate of drug-likeness (QED) is 0.743. The van der Waals surface area contributed by atoms with Crippen molar-refractivity contribution in [3.8, 4) is 5.75 Å². The Morgan fingerprint density at radius 1 is 1.05 bits per heavy atom. The average molecular weight is 359 g/mol. The summed E-state index contributed by atoms with van der Waals surface area (Å²) in [5.74, 6) is 0.214. The Kier molecular flexibility index (Phi) is 4.37. The molecule has 0 amide bonds. The Morgan fingerprint density at radius 3 is 2.10 bits per heavy atom. The molecule has 0 saturated carbocycles. The fourth-order valence-corrected chi connectivity index (χ4v) is 2.33. The van der Waals surface area contributed by atoms with Crippen LogP contribution in [0.25, 0.3) is 0 Å². The van der Waals surface area contributed by atoms with Crippen LogP contribution in [0.4, 0.5) is 13.2 Å². The molecule has 0 aliphatic carbocycles. The van der Waals surface area contributed by atoms with E-state index in [-0.39, 0.29) is 11.3 Å². The Balaban J connectivity index is 2.30. The first-order valence-corrected chi connectivity index (χ1v) is 6.67. The lowest BCUT2D eigenvalue weighted by atomic mass is 10.0. The monoisotopic (exact) mass is 358 g/mol. The molecular weight excluding hydrogens is 349 g/mol. The van der Waals surface area contributed by atoms with E-state index in [4.69, 9.17) is 4.74 Å². The highest BCUT2D eigenvalue weighted by atomic mass is 79.9. The normalized spacial score (nSPS) is 11.3. The zero-order valence-electron chi connectivity index (χ0n) is 10.9. The van der Waals surface area contributed by atoms with Crippen LogP contribution in [0.15, 0.2) is 46.9 Å². The number of carbonyl (C=O) groups excluding carboxylic acids is 1. The minimum Gasteiger partial charge on any atom is -0.496 e. The summed E-state index contributed by atoms with van der Waals surface area (Å²) in [5, 5.41) is 0. The van der Waals surface area contributed by atoms with E-state index in [9.17, 15) is 18.0 Å². The lowest BCUT2D eigenvalue weighted by molar-refractivity contribution is -0.137. The van der Waals surface area contributed by atoms with Gasteiger partial charge in [0.15, 0.2) is 5.78 Å². The molecule has 0 fully saturated rings. The van der Waals surface area contributed by atoms with Crippen LogP contribution in [0.1, 0.15) is 21.5 Å². The van der Waals surface area contributed by atoms with E-state index in [1.165, 1.54) is 19.2 Å². The Bertz CT molecular complexity index is 664. The fraction of sp³-hybridized carbons (Fsp3) is 0.133. The van der Waals surface area contributed by atoms with E-state index >= 15 is 0 Å². The SMILES string of the molecule is COc1ccc(C(=O)c2ccc(C(F)(F)F)cc2)cc1Br. The number of rotatable bonds is 3. The van der Waals surface area contributed by atoms with E-state index < -0.39 is 11.7 Å². The third-order valence-electron chi connectivity index (χ3n) is 2.89. The number of alkyl halides is 3. The third-order valence-corrected chi connectivity index (χ3v) is 3.51. The van der Waals surface area contributed by atoms with Crippen molar-refractivity contribution in [1.82, 2.24) is 0 Å². The highest BCUT2D eigenvalue weighted by Crippen LogP contribution is 2.30. The molecule has 0 radical (unpaired) electrons. The van der Waals surface area contributed by atoms with Crippen molar-refractivity contribution in [2.24, 2.45) is 0 Å². The van der Waals surface area contributed by atoms with Gasteiger partial charge in [0, 0.05) is 11.1 Å². The summed E-state index contributed by atoms with van der Waals surface area (Å²) in [6.07, 6.45) is -4.41. The highest BCUT2D eigenvalue weighted by molar-refractivity contribution is 9.10. The van der Waals surface area contributed by atoms with Crippen LogP contribution in [0.2, 0.25) is 0 Å². The van der Waals surface area contributed by atoms with Crippen molar-refractivity contribution in [3.05, 3.63) is 63.6 Å². The van der Waals surface area contributed by atoms with Gasteiger partial charge in [-0.05, 0) is 46.3 Å². The molecule has 0 spiro atoms. The minimum absolute atomic E-state index is 0.195. The molecule has 0 bridgehead atoms. The maximum Gasteiger partial charge on any atom is 0.416 e. The molecule has 0 aromatic heterocycles. The van der Waals surface area contributed by atoms with Gasteiger partial charge in [-0.15, -0.1) is 0 Å². The van der Waals surface area contributed by atoms with Crippen LogP contribution >= 0.6 is 15.9 Å². The Hall–Kier alpha value is -1.82. The molecule has 6 heteroatoms. The predicted molar refractivity (Wildman–Crippen MR) is 75.6 cm³/mol. The van der Waals surface area contributed by atoms with E-state index in [2.05, 4.69) is 15.9 Å². The first kappa shape index (κ1) is 15.6. The maximum atomic E-state index is 12.5. The smallest absolute Gasteiger partial charge is 0.416 e. The van der Waals surface area contributed by atoms with Gasteiger partial charge in [-0.25, -0.2) is 0 Å². The van der Waals surface area contributed by atoms with Crippen LogP contribution in [-0.4, -0.2) is 12.9 Å². The zero-order valence-corrected chi connectivity index (χ0v) is 12.5. The van der Waals surface area contributed by atoms with Crippen molar-refractivity contribution in [1.29, 1.82) is 0 Å². The highest BCUT2D eigenvalue weighted by Gasteiger charge is 2.30. The zero-order chi connectivity index (χ0) is 15.6. The topological polar surface area (TPSA) is 26.3 Å². The Labute approximate surface area is 127 Å². The van der Waals surface area contributed by atoms with E-state index in [0.29, 0.717) is 15.8 Å². The van der Waals surface area contributed by atoms with Crippen LogP contribution in [0.5, 0.6) is 5.75 Å². The van der Waals surface area contributed by atoms with Gasteiger partial charge >= 0.3 is 6.18 Å². The van der Waals surface area contributed by atoms with E-state index in [1.54, 1.807) is 18.2 Å². The molecule has 0 heterocycles. The van der Waals surface area contributed by atoms with Gasteiger partial charge in [-0.1, -0.05) is 12.1 Å².